The molecule has 0 radical (unpaired) electrons. The minimum absolute atomic E-state index is 0.0732. The van der Waals surface area contributed by atoms with Crippen molar-refractivity contribution in [3.8, 4) is 6.07 Å². The minimum atomic E-state index is -0.724. The van der Waals surface area contributed by atoms with E-state index in [0.717, 1.165) is 24.1 Å². The Labute approximate surface area is 213 Å². The molecule has 1 fully saturated rings. The van der Waals surface area contributed by atoms with Crippen molar-refractivity contribution in [3.05, 3.63) is 70.6 Å². The molecule has 5 rings (SSSR count). The molecule has 3 aromatic rings. The van der Waals surface area contributed by atoms with Crippen LogP contribution in [0.1, 0.15) is 46.8 Å². The lowest BCUT2D eigenvalue weighted by Gasteiger charge is -2.28. The molecule has 192 valence electrons. The van der Waals surface area contributed by atoms with Gasteiger partial charge in [-0.05, 0) is 42.5 Å². The van der Waals surface area contributed by atoms with Crippen LogP contribution >= 0.6 is 0 Å². The van der Waals surface area contributed by atoms with Crippen LogP contribution in [0.2, 0.25) is 0 Å². The summed E-state index contributed by atoms with van der Waals surface area (Å²) < 4.78 is 21.3. The molecule has 0 unspecified atom stereocenters. The molecule has 2 aliphatic rings. The fraction of sp³-hybridized carbons (Fsp3) is 0.400. The van der Waals surface area contributed by atoms with Crippen LogP contribution in [-0.2, 0) is 29.6 Å². The van der Waals surface area contributed by atoms with E-state index in [0.29, 0.717) is 49.8 Å². The van der Waals surface area contributed by atoms with Crippen molar-refractivity contribution < 1.29 is 18.8 Å². The molecule has 12 heteroatoms. The van der Waals surface area contributed by atoms with E-state index in [9.17, 15) is 9.18 Å². The third-order valence-electron chi connectivity index (χ3n) is 6.44. The number of amides is 1. The Balaban J connectivity index is 1.26. The number of carbonyl (C=O) groups excluding carboxylic acids is 1. The minimum Gasteiger partial charge on any atom is -0.381 e. The first-order chi connectivity index (χ1) is 18.0. The van der Waals surface area contributed by atoms with Crippen LogP contribution < -0.4 is 10.6 Å². The van der Waals surface area contributed by atoms with E-state index in [1.165, 1.54) is 12.1 Å². The highest BCUT2D eigenvalue weighted by molar-refractivity contribution is 5.68. The van der Waals surface area contributed by atoms with Crippen LogP contribution in [-0.4, -0.2) is 56.7 Å². The molecule has 1 amide bonds. The maximum atomic E-state index is 14.3. The van der Waals surface area contributed by atoms with Gasteiger partial charge in [0.1, 0.15) is 11.9 Å². The highest BCUT2D eigenvalue weighted by atomic mass is 19.1. The van der Waals surface area contributed by atoms with Crippen molar-refractivity contribution in [1.82, 2.24) is 30.1 Å². The molecular formula is C25H27FN8O3. The van der Waals surface area contributed by atoms with Crippen LogP contribution in [0.3, 0.4) is 0 Å². The van der Waals surface area contributed by atoms with Gasteiger partial charge >= 0.3 is 6.09 Å². The third kappa shape index (κ3) is 5.84. The Bertz CT molecular complexity index is 1320. The van der Waals surface area contributed by atoms with E-state index in [1.54, 1.807) is 41.3 Å². The highest BCUT2D eigenvalue weighted by Gasteiger charge is 2.26. The van der Waals surface area contributed by atoms with Crippen molar-refractivity contribution >= 4 is 12.0 Å². The summed E-state index contributed by atoms with van der Waals surface area (Å²) in [6, 6.07) is 5.56. The van der Waals surface area contributed by atoms with Crippen molar-refractivity contribution in [3.63, 3.8) is 0 Å². The van der Waals surface area contributed by atoms with Crippen molar-refractivity contribution in [2.45, 2.75) is 37.9 Å². The van der Waals surface area contributed by atoms with Crippen molar-refractivity contribution in [1.29, 1.82) is 5.26 Å². The summed E-state index contributed by atoms with van der Waals surface area (Å²) in [6.45, 7) is 2.24. The Morgan fingerprint density at radius 2 is 2.14 bits per heavy atom. The summed E-state index contributed by atoms with van der Waals surface area (Å²) in [5.41, 5.74) is 2.84. The number of nitriles is 1. The van der Waals surface area contributed by atoms with Gasteiger partial charge in [-0.1, -0.05) is 6.07 Å². The summed E-state index contributed by atoms with van der Waals surface area (Å²) >= 11 is 0. The number of hydrogen-bond donors (Lipinski definition) is 2. The molecule has 37 heavy (non-hydrogen) atoms. The maximum absolute atomic E-state index is 14.3. The quantitative estimate of drug-likeness (QED) is 0.518. The smallest absolute Gasteiger partial charge is 0.381 e. The number of ether oxygens (including phenoxy) is 1. The average Bonchev–Trinajstić information content (AvgIpc) is 3.33. The molecule has 0 spiro atoms. The van der Waals surface area contributed by atoms with Gasteiger partial charge in [0, 0.05) is 50.8 Å². The first-order valence-electron chi connectivity index (χ1n) is 12.1. The van der Waals surface area contributed by atoms with Crippen LogP contribution in [0.25, 0.3) is 0 Å². The lowest BCUT2D eigenvalue weighted by molar-refractivity contribution is -0.112. The predicted molar refractivity (Wildman–Crippen MR) is 129 cm³/mol. The Morgan fingerprint density at radius 1 is 1.30 bits per heavy atom. The molecule has 0 aliphatic carbocycles. The number of halogens is 1. The molecule has 2 aromatic heterocycles. The van der Waals surface area contributed by atoms with Gasteiger partial charge < -0.3 is 20.2 Å². The fourth-order valence-corrected chi connectivity index (χ4v) is 4.46. The molecule has 2 aliphatic heterocycles. The van der Waals surface area contributed by atoms with Gasteiger partial charge in [-0.15, -0.1) is 5.06 Å². The Hall–Kier alpha value is -4.08. The number of nitrogens with one attached hydrogen (secondary N) is 2. The number of benzene rings is 1. The van der Waals surface area contributed by atoms with Crippen LogP contribution in [0, 0.1) is 17.1 Å². The summed E-state index contributed by atoms with van der Waals surface area (Å²) in [5.74, 6) is -0.113. The Kier molecular flexibility index (Phi) is 7.25. The lowest BCUT2D eigenvalue weighted by atomic mass is 10.00. The van der Waals surface area contributed by atoms with E-state index in [1.807, 2.05) is 6.20 Å². The Morgan fingerprint density at radius 3 is 2.86 bits per heavy atom. The van der Waals surface area contributed by atoms with Gasteiger partial charge in [-0.2, -0.15) is 10.4 Å². The highest BCUT2D eigenvalue weighted by Crippen LogP contribution is 2.25. The number of aryl methyl sites for hydroxylation is 1. The average molecular weight is 507 g/mol. The van der Waals surface area contributed by atoms with E-state index < -0.39 is 18.0 Å². The molecule has 1 aromatic carbocycles. The number of aromatic nitrogens is 4. The number of fused-ring (bicyclic) bond motifs is 1. The SMILES string of the molecule is Cn1cc([C@H](NC(=O)ON2CCc3cnc(NC4CCOCC4)nc3C2)c2ccc(C#N)c(F)c2)cn1. The van der Waals surface area contributed by atoms with Crippen molar-refractivity contribution in [2.75, 3.05) is 25.1 Å². The number of anilines is 1. The summed E-state index contributed by atoms with van der Waals surface area (Å²) in [7, 11) is 1.75. The second-order valence-electron chi connectivity index (χ2n) is 9.06. The molecule has 4 heterocycles. The van der Waals surface area contributed by atoms with E-state index >= 15 is 0 Å². The zero-order chi connectivity index (χ0) is 25.8. The van der Waals surface area contributed by atoms with Crippen LogP contribution in [0.4, 0.5) is 15.1 Å². The molecule has 11 nitrogen and oxygen atoms in total. The maximum Gasteiger partial charge on any atom is 0.427 e. The number of hydroxylamine groups is 2. The van der Waals surface area contributed by atoms with E-state index in [-0.39, 0.29) is 11.6 Å². The van der Waals surface area contributed by atoms with Gasteiger partial charge in [0.25, 0.3) is 0 Å². The first kappa shape index (κ1) is 24.6. The summed E-state index contributed by atoms with van der Waals surface area (Å²) in [5, 5.41) is 20.9. The van der Waals surface area contributed by atoms with Gasteiger partial charge in [0.2, 0.25) is 5.95 Å². The second-order valence-corrected chi connectivity index (χ2v) is 9.06. The van der Waals surface area contributed by atoms with Gasteiger partial charge in [0.05, 0.1) is 30.0 Å². The van der Waals surface area contributed by atoms with Gasteiger partial charge in [-0.25, -0.2) is 19.2 Å². The van der Waals surface area contributed by atoms with Crippen molar-refractivity contribution in [2.24, 2.45) is 7.05 Å². The standard InChI is InChI=1S/C25H27FN8O3/c1-33-14-19(13-29-33)23(16-2-3-17(11-27)21(26)10-16)32-25(35)37-34-7-4-18-12-28-24(31-22(18)15-34)30-20-5-8-36-9-6-20/h2-3,10,12-14,20,23H,4-9,15H2,1H3,(H,32,35)(H,28,30,31)/t23-/m1/s1. The first-order valence-corrected chi connectivity index (χ1v) is 12.1. The molecule has 2 N–H and O–H groups in total. The molecular weight excluding hydrogens is 479 g/mol. The largest absolute Gasteiger partial charge is 0.427 e. The molecule has 1 atom stereocenters. The normalized spacial score (nSPS) is 16.9. The number of rotatable bonds is 6. The third-order valence-corrected chi connectivity index (χ3v) is 6.44. The van der Waals surface area contributed by atoms with Crippen LogP contribution in [0.5, 0.6) is 0 Å². The van der Waals surface area contributed by atoms with E-state index in [2.05, 4.69) is 25.7 Å². The number of hydrogen-bond acceptors (Lipinski definition) is 9. The van der Waals surface area contributed by atoms with Gasteiger partial charge in [0.15, 0.2) is 0 Å². The summed E-state index contributed by atoms with van der Waals surface area (Å²) in [4.78, 5) is 27.6. The molecule has 1 saturated heterocycles. The van der Waals surface area contributed by atoms with Gasteiger partial charge in [-0.3, -0.25) is 4.68 Å². The summed E-state index contributed by atoms with van der Waals surface area (Å²) in [6.07, 6.45) is 6.86. The molecule has 0 bridgehead atoms. The number of nitrogens with zero attached hydrogens (tertiary/aromatic N) is 6. The molecule has 0 saturated carbocycles. The topological polar surface area (TPSA) is 130 Å². The zero-order valence-electron chi connectivity index (χ0n) is 20.4. The predicted octanol–water partition coefficient (Wildman–Crippen LogP) is 2.60. The monoisotopic (exact) mass is 506 g/mol. The zero-order valence-corrected chi connectivity index (χ0v) is 20.4. The lowest BCUT2D eigenvalue weighted by Crippen LogP contribution is -2.39. The van der Waals surface area contributed by atoms with Crippen LogP contribution in [0.15, 0.2) is 36.8 Å². The second kappa shape index (κ2) is 10.9. The number of carbonyl (C=O) groups is 1. The van der Waals surface area contributed by atoms with E-state index in [4.69, 9.17) is 14.8 Å². The fourth-order valence-electron chi connectivity index (χ4n) is 4.46.